The van der Waals surface area contributed by atoms with Crippen molar-refractivity contribution in [3.8, 4) is 0 Å². The Morgan fingerprint density at radius 3 is 2.20 bits per heavy atom. The molecule has 1 saturated heterocycles. The summed E-state index contributed by atoms with van der Waals surface area (Å²) in [5.74, 6) is -1.10. The predicted molar refractivity (Wildman–Crippen MR) is 187 cm³/mol. The third-order valence-corrected chi connectivity index (χ3v) is 15.5. The van der Waals surface area contributed by atoms with Crippen LogP contribution in [-0.4, -0.2) is 129 Å². The second-order valence-electron chi connectivity index (χ2n) is 18.5. The SMILES string of the molecule is CC(C)(CO)CC[C@@H](CO)[C@](C)(CO)[C@H]1CC[C@@]2(CO)C3=CC(=O)[C@@H]4C[C@@H](CO[C@@H]5O[C@H](CO)[C@@H](O)[C@H](O)[C@H]5O)[C@@H](CO)C[C@]4(C)[C@H]3CC[C@]12C. The fraction of sp³-hybridized carbons (Fsp3) is 0.923. The number of aliphatic hydroxyl groups is 9. The highest BCUT2D eigenvalue weighted by Crippen LogP contribution is 2.74. The summed E-state index contributed by atoms with van der Waals surface area (Å²) < 4.78 is 11.5. The summed E-state index contributed by atoms with van der Waals surface area (Å²) in [6.07, 6.45) is 0.0825. The molecule has 0 aromatic heterocycles. The van der Waals surface area contributed by atoms with Crippen molar-refractivity contribution in [2.45, 2.75) is 117 Å². The Bertz CT molecular complexity index is 1260. The lowest BCUT2D eigenvalue weighted by Crippen LogP contribution is -2.60. The molecule has 294 valence electrons. The number of hydrogen-bond donors (Lipinski definition) is 9. The molecular formula is C39H66O12. The minimum absolute atomic E-state index is 0.0000784. The van der Waals surface area contributed by atoms with Gasteiger partial charge in [-0.2, -0.15) is 0 Å². The molecule has 5 rings (SSSR count). The van der Waals surface area contributed by atoms with Crippen LogP contribution in [0.5, 0.6) is 0 Å². The molecule has 0 bridgehead atoms. The minimum Gasteiger partial charge on any atom is -0.396 e. The number of aliphatic hydroxyl groups excluding tert-OH is 9. The molecule has 0 aromatic carbocycles. The molecule has 12 nitrogen and oxygen atoms in total. The fourth-order valence-corrected chi connectivity index (χ4v) is 11.8. The Morgan fingerprint density at radius 2 is 1.61 bits per heavy atom. The van der Waals surface area contributed by atoms with E-state index in [9.17, 15) is 50.8 Å². The number of allylic oxidation sites excluding steroid dienone is 1. The zero-order valence-electron chi connectivity index (χ0n) is 31.3. The van der Waals surface area contributed by atoms with Crippen LogP contribution in [0.1, 0.15) is 86.0 Å². The van der Waals surface area contributed by atoms with Crippen molar-refractivity contribution in [3.63, 3.8) is 0 Å². The summed E-state index contributed by atoms with van der Waals surface area (Å²) in [6, 6.07) is 0. The van der Waals surface area contributed by atoms with Crippen LogP contribution >= 0.6 is 0 Å². The minimum atomic E-state index is -1.57. The molecule has 0 radical (unpaired) electrons. The van der Waals surface area contributed by atoms with Gasteiger partial charge in [0.15, 0.2) is 12.1 Å². The van der Waals surface area contributed by atoms with Crippen LogP contribution in [0.4, 0.5) is 0 Å². The summed E-state index contributed by atoms with van der Waals surface area (Å²) in [4.78, 5) is 14.3. The molecular weight excluding hydrogens is 660 g/mol. The van der Waals surface area contributed by atoms with Crippen LogP contribution in [0, 0.1) is 62.6 Å². The van der Waals surface area contributed by atoms with E-state index >= 15 is 0 Å². The van der Waals surface area contributed by atoms with Gasteiger partial charge in [-0.1, -0.05) is 40.2 Å². The Balaban J connectivity index is 1.40. The van der Waals surface area contributed by atoms with Crippen molar-refractivity contribution in [1.29, 1.82) is 0 Å². The Kier molecular flexibility index (Phi) is 12.3. The van der Waals surface area contributed by atoms with E-state index in [1.54, 1.807) is 6.08 Å². The van der Waals surface area contributed by atoms with Gasteiger partial charge < -0.3 is 55.4 Å². The molecule has 4 aliphatic carbocycles. The molecule has 9 N–H and O–H groups in total. The number of rotatable bonds is 14. The quantitative estimate of drug-likeness (QED) is 0.123. The molecule has 0 aromatic rings. The second kappa shape index (κ2) is 15.2. The Hall–Kier alpha value is -1.03. The van der Waals surface area contributed by atoms with Gasteiger partial charge in [-0.25, -0.2) is 0 Å². The number of ether oxygens (including phenoxy) is 2. The first-order valence-electron chi connectivity index (χ1n) is 19.2. The number of ketones is 1. The first kappa shape index (κ1) is 41.1. The Labute approximate surface area is 302 Å². The van der Waals surface area contributed by atoms with Gasteiger partial charge in [0.05, 0.1) is 19.8 Å². The zero-order chi connectivity index (χ0) is 37.7. The molecule has 5 aliphatic rings. The van der Waals surface area contributed by atoms with Crippen molar-refractivity contribution in [2.75, 3.05) is 46.2 Å². The lowest BCUT2D eigenvalue weighted by atomic mass is 9.41. The smallest absolute Gasteiger partial charge is 0.186 e. The maximum absolute atomic E-state index is 14.3. The number of carbonyl (C=O) groups excluding carboxylic acids is 1. The Morgan fingerprint density at radius 1 is 0.902 bits per heavy atom. The summed E-state index contributed by atoms with van der Waals surface area (Å²) in [7, 11) is 0. The molecule has 4 fully saturated rings. The van der Waals surface area contributed by atoms with Crippen LogP contribution in [0.25, 0.3) is 0 Å². The van der Waals surface area contributed by atoms with E-state index in [1.807, 2.05) is 13.8 Å². The molecule has 15 atom stereocenters. The van der Waals surface area contributed by atoms with Gasteiger partial charge in [0.1, 0.15) is 24.4 Å². The molecule has 0 unspecified atom stereocenters. The summed E-state index contributed by atoms with van der Waals surface area (Å²) >= 11 is 0. The van der Waals surface area contributed by atoms with Gasteiger partial charge in [-0.15, -0.1) is 0 Å². The maximum Gasteiger partial charge on any atom is 0.186 e. The summed E-state index contributed by atoms with van der Waals surface area (Å²) in [5, 5.41) is 94.2. The third-order valence-electron chi connectivity index (χ3n) is 15.5. The molecule has 1 heterocycles. The van der Waals surface area contributed by atoms with E-state index in [1.165, 1.54) is 0 Å². The van der Waals surface area contributed by atoms with Gasteiger partial charge in [-0.05, 0) is 109 Å². The number of hydrogen-bond acceptors (Lipinski definition) is 12. The average molecular weight is 727 g/mol. The van der Waals surface area contributed by atoms with Gasteiger partial charge in [0, 0.05) is 37.8 Å². The normalized spacial score (nSPS) is 44.6. The zero-order valence-corrected chi connectivity index (χ0v) is 31.3. The lowest BCUT2D eigenvalue weighted by Gasteiger charge is -2.63. The largest absolute Gasteiger partial charge is 0.396 e. The molecule has 0 amide bonds. The maximum atomic E-state index is 14.3. The standard InChI is InChI=1S/C39H66O12/c1-35(2,19-43)9-6-24(16-41)37(4,20-44)30-8-11-39(21-45)26-13-28(46)27-12-22(18-50-34-33(49)32(48)31(47)29(17-42)51-34)23(15-40)14-36(27,3)25(26)7-10-38(30,39)5/h13,22-25,27,29-34,40-45,47-49H,6-12,14-21H2,1-5H3/t22-,23+,24-,25-,27-,29+,30+,31+,32-,33+,34+,36+,37-,38+,39+/m0/s1. The topological polar surface area (TPSA) is 218 Å². The van der Waals surface area contributed by atoms with Crippen molar-refractivity contribution in [1.82, 2.24) is 0 Å². The monoisotopic (exact) mass is 726 g/mol. The van der Waals surface area contributed by atoms with Crippen molar-refractivity contribution in [2.24, 2.45) is 62.6 Å². The average Bonchev–Trinajstić information content (AvgIpc) is 3.44. The van der Waals surface area contributed by atoms with Crippen molar-refractivity contribution in [3.05, 3.63) is 11.6 Å². The van der Waals surface area contributed by atoms with Gasteiger partial charge in [0.2, 0.25) is 0 Å². The van der Waals surface area contributed by atoms with E-state index in [0.29, 0.717) is 32.1 Å². The van der Waals surface area contributed by atoms with E-state index in [2.05, 4.69) is 20.8 Å². The molecule has 12 heteroatoms. The predicted octanol–water partition coefficient (Wildman–Crippen LogP) is 1.16. The second-order valence-corrected chi connectivity index (χ2v) is 18.5. The molecule has 1 aliphatic heterocycles. The van der Waals surface area contributed by atoms with Crippen molar-refractivity contribution >= 4 is 5.78 Å². The van der Waals surface area contributed by atoms with Crippen LogP contribution in [0.3, 0.4) is 0 Å². The fourth-order valence-electron chi connectivity index (χ4n) is 11.8. The van der Waals surface area contributed by atoms with Gasteiger partial charge in [0.25, 0.3) is 0 Å². The van der Waals surface area contributed by atoms with Crippen LogP contribution in [-0.2, 0) is 14.3 Å². The van der Waals surface area contributed by atoms with E-state index in [4.69, 9.17) is 9.47 Å². The molecule has 51 heavy (non-hydrogen) atoms. The van der Waals surface area contributed by atoms with Crippen LogP contribution < -0.4 is 0 Å². The first-order valence-corrected chi connectivity index (χ1v) is 19.2. The highest BCUT2D eigenvalue weighted by molar-refractivity contribution is 5.94. The summed E-state index contributed by atoms with van der Waals surface area (Å²) in [6.45, 7) is 9.43. The van der Waals surface area contributed by atoms with E-state index < -0.39 is 59.0 Å². The molecule has 3 saturated carbocycles. The third kappa shape index (κ3) is 6.70. The van der Waals surface area contributed by atoms with E-state index in [-0.39, 0.29) is 86.3 Å². The number of carbonyl (C=O) groups is 1. The number of fused-ring (bicyclic) bond motifs is 5. The highest BCUT2D eigenvalue weighted by atomic mass is 16.7. The summed E-state index contributed by atoms with van der Waals surface area (Å²) in [5.41, 5.74) is -1.58. The van der Waals surface area contributed by atoms with Gasteiger partial charge in [-0.3, -0.25) is 4.79 Å². The van der Waals surface area contributed by atoms with E-state index in [0.717, 1.165) is 24.8 Å². The lowest BCUT2D eigenvalue weighted by molar-refractivity contribution is -0.305. The highest BCUT2D eigenvalue weighted by Gasteiger charge is 2.69. The van der Waals surface area contributed by atoms with Crippen LogP contribution in [0.15, 0.2) is 11.6 Å². The first-order chi connectivity index (χ1) is 24.0. The molecule has 0 spiro atoms. The van der Waals surface area contributed by atoms with Crippen molar-refractivity contribution < 1.29 is 60.2 Å². The van der Waals surface area contributed by atoms with Crippen LogP contribution in [0.2, 0.25) is 0 Å². The van der Waals surface area contributed by atoms with Gasteiger partial charge >= 0.3 is 0 Å².